The summed E-state index contributed by atoms with van der Waals surface area (Å²) < 4.78 is 0. The van der Waals surface area contributed by atoms with Crippen LogP contribution in [0.2, 0.25) is 10.0 Å². The summed E-state index contributed by atoms with van der Waals surface area (Å²) in [6.07, 6.45) is 1.01. The molecule has 0 aliphatic heterocycles. The van der Waals surface area contributed by atoms with E-state index in [-0.39, 0.29) is 5.78 Å². The lowest BCUT2D eigenvalue weighted by Crippen LogP contribution is -2.02. The van der Waals surface area contributed by atoms with Crippen LogP contribution in [0.15, 0.2) is 42.5 Å². The number of carbonyl (C=O) groups excluding carboxylic acids is 1. The SMILES string of the molecule is CC(C)Cc1ccc(C(=O)c2cc(Cl)cc(Cl)c2)cc1. The molecular weight excluding hydrogens is 291 g/mol. The van der Waals surface area contributed by atoms with Crippen molar-refractivity contribution in [2.45, 2.75) is 20.3 Å². The lowest BCUT2D eigenvalue weighted by atomic mass is 9.98. The zero-order valence-electron chi connectivity index (χ0n) is 11.5. The molecule has 0 heterocycles. The Hall–Kier alpha value is -1.31. The number of hydrogen-bond acceptors (Lipinski definition) is 1. The minimum atomic E-state index is -0.0644. The zero-order valence-corrected chi connectivity index (χ0v) is 13.0. The second kappa shape index (κ2) is 6.43. The van der Waals surface area contributed by atoms with Gasteiger partial charge in [0.2, 0.25) is 0 Å². The third-order valence-corrected chi connectivity index (χ3v) is 3.42. The average molecular weight is 307 g/mol. The third-order valence-electron chi connectivity index (χ3n) is 2.98. The van der Waals surface area contributed by atoms with Crippen molar-refractivity contribution in [2.24, 2.45) is 5.92 Å². The maximum absolute atomic E-state index is 12.4. The van der Waals surface area contributed by atoms with E-state index in [0.29, 0.717) is 27.1 Å². The van der Waals surface area contributed by atoms with E-state index in [1.54, 1.807) is 18.2 Å². The van der Waals surface area contributed by atoms with E-state index < -0.39 is 0 Å². The molecule has 0 aliphatic rings. The molecule has 0 saturated heterocycles. The summed E-state index contributed by atoms with van der Waals surface area (Å²) in [5, 5.41) is 0.939. The highest BCUT2D eigenvalue weighted by Crippen LogP contribution is 2.21. The van der Waals surface area contributed by atoms with Crippen molar-refractivity contribution < 1.29 is 4.79 Å². The van der Waals surface area contributed by atoms with Gasteiger partial charge in [-0.25, -0.2) is 0 Å². The third kappa shape index (κ3) is 3.84. The van der Waals surface area contributed by atoms with Gasteiger partial charge in [0, 0.05) is 21.2 Å². The largest absolute Gasteiger partial charge is 0.289 e. The Morgan fingerprint density at radius 2 is 1.50 bits per heavy atom. The summed E-state index contributed by atoms with van der Waals surface area (Å²) in [5.74, 6) is 0.536. The van der Waals surface area contributed by atoms with Crippen LogP contribution < -0.4 is 0 Å². The Morgan fingerprint density at radius 3 is 2.00 bits per heavy atom. The van der Waals surface area contributed by atoms with Gasteiger partial charge in [-0.2, -0.15) is 0 Å². The molecular formula is C17H16Cl2O. The van der Waals surface area contributed by atoms with Gasteiger partial charge in [0.1, 0.15) is 0 Å². The first kappa shape index (κ1) is 15.1. The first-order valence-corrected chi connectivity index (χ1v) is 7.31. The second-order valence-corrected chi connectivity index (χ2v) is 6.16. The molecule has 20 heavy (non-hydrogen) atoms. The van der Waals surface area contributed by atoms with Crippen LogP contribution >= 0.6 is 23.2 Å². The molecule has 0 bridgehead atoms. The van der Waals surface area contributed by atoms with Crippen molar-refractivity contribution in [2.75, 3.05) is 0 Å². The van der Waals surface area contributed by atoms with E-state index in [9.17, 15) is 4.79 Å². The molecule has 0 aliphatic carbocycles. The van der Waals surface area contributed by atoms with Crippen LogP contribution in [0.4, 0.5) is 0 Å². The van der Waals surface area contributed by atoms with Gasteiger partial charge in [-0.05, 0) is 36.1 Å². The molecule has 0 N–H and O–H groups in total. The van der Waals surface area contributed by atoms with Crippen LogP contribution in [0.3, 0.4) is 0 Å². The second-order valence-electron chi connectivity index (χ2n) is 5.28. The summed E-state index contributed by atoms with van der Waals surface area (Å²) in [5.41, 5.74) is 2.40. The lowest BCUT2D eigenvalue weighted by Gasteiger charge is -2.07. The Labute approximate surface area is 129 Å². The monoisotopic (exact) mass is 306 g/mol. The number of ketones is 1. The topological polar surface area (TPSA) is 17.1 Å². The number of benzene rings is 2. The maximum Gasteiger partial charge on any atom is 0.193 e. The van der Waals surface area contributed by atoms with E-state index >= 15 is 0 Å². The molecule has 3 heteroatoms. The Kier molecular flexibility index (Phi) is 4.85. The first-order valence-electron chi connectivity index (χ1n) is 6.55. The first-order chi connectivity index (χ1) is 9.45. The molecule has 0 spiro atoms. The van der Waals surface area contributed by atoms with Crippen LogP contribution in [0.1, 0.15) is 35.3 Å². The van der Waals surface area contributed by atoms with Crippen molar-refractivity contribution >= 4 is 29.0 Å². The van der Waals surface area contributed by atoms with Crippen LogP contribution in [0.25, 0.3) is 0 Å². The standard InChI is InChI=1S/C17H16Cl2O/c1-11(2)7-12-3-5-13(6-4-12)17(20)14-8-15(18)10-16(19)9-14/h3-6,8-11H,7H2,1-2H3. The zero-order chi connectivity index (χ0) is 14.7. The summed E-state index contributed by atoms with van der Waals surface area (Å²) in [7, 11) is 0. The maximum atomic E-state index is 12.4. The van der Waals surface area contributed by atoms with Crippen LogP contribution in [-0.4, -0.2) is 5.78 Å². The molecule has 0 fully saturated rings. The lowest BCUT2D eigenvalue weighted by molar-refractivity contribution is 0.103. The molecule has 0 atom stereocenters. The molecule has 1 nitrogen and oxygen atoms in total. The Morgan fingerprint density at radius 1 is 0.950 bits per heavy atom. The fourth-order valence-corrected chi connectivity index (χ4v) is 2.64. The molecule has 2 rings (SSSR count). The van der Waals surface area contributed by atoms with Crippen LogP contribution in [0.5, 0.6) is 0 Å². The van der Waals surface area contributed by atoms with Gasteiger partial charge in [-0.15, -0.1) is 0 Å². The number of carbonyl (C=O) groups is 1. The summed E-state index contributed by atoms with van der Waals surface area (Å²) in [6.45, 7) is 4.35. The Bertz CT molecular complexity index is 595. The van der Waals surface area contributed by atoms with E-state index in [0.717, 1.165) is 6.42 Å². The summed E-state index contributed by atoms with van der Waals surface area (Å²) >= 11 is 11.9. The fourth-order valence-electron chi connectivity index (χ4n) is 2.12. The van der Waals surface area contributed by atoms with Crippen molar-refractivity contribution in [1.82, 2.24) is 0 Å². The highest BCUT2D eigenvalue weighted by Gasteiger charge is 2.11. The van der Waals surface area contributed by atoms with Gasteiger partial charge < -0.3 is 0 Å². The predicted molar refractivity (Wildman–Crippen MR) is 84.9 cm³/mol. The van der Waals surface area contributed by atoms with E-state index in [2.05, 4.69) is 13.8 Å². The molecule has 104 valence electrons. The van der Waals surface area contributed by atoms with Crippen molar-refractivity contribution in [3.8, 4) is 0 Å². The number of halogens is 2. The number of rotatable bonds is 4. The smallest absolute Gasteiger partial charge is 0.193 e. The summed E-state index contributed by atoms with van der Waals surface area (Å²) in [4.78, 5) is 12.4. The Balaban J connectivity index is 2.24. The van der Waals surface area contributed by atoms with Gasteiger partial charge >= 0.3 is 0 Å². The van der Waals surface area contributed by atoms with Crippen LogP contribution in [0, 0.1) is 5.92 Å². The van der Waals surface area contributed by atoms with Crippen molar-refractivity contribution in [3.05, 3.63) is 69.2 Å². The normalized spacial score (nSPS) is 10.8. The van der Waals surface area contributed by atoms with Crippen LogP contribution in [-0.2, 0) is 6.42 Å². The van der Waals surface area contributed by atoms with E-state index in [1.807, 2.05) is 24.3 Å². The van der Waals surface area contributed by atoms with Crippen molar-refractivity contribution in [3.63, 3.8) is 0 Å². The minimum absolute atomic E-state index is 0.0644. The molecule has 0 unspecified atom stereocenters. The molecule has 2 aromatic carbocycles. The van der Waals surface area contributed by atoms with Crippen molar-refractivity contribution in [1.29, 1.82) is 0 Å². The molecule has 0 saturated carbocycles. The average Bonchev–Trinajstić information content (AvgIpc) is 2.37. The van der Waals surface area contributed by atoms with Gasteiger partial charge in [0.25, 0.3) is 0 Å². The van der Waals surface area contributed by atoms with Gasteiger partial charge in [-0.3, -0.25) is 4.79 Å². The highest BCUT2D eigenvalue weighted by molar-refractivity contribution is 6.35. The quantitative estimate of drug-likeness (QED) is 0.689. The molecule has 0 aromatic heterocycles. The van der Waals surface area contributed by atoms with Gasteiger partial charge in [0.05, 0.1) is 0 Å². The molecule has 2 aromatic rings. The highest BCUT2D eigenvalue weighted by atomic mass is 35.5. The summed E-state index contributed by atoms with van der Waals surface area (Å²) in [6, 6.07) is 12.6. The van der Waals surface area contributed by atoms with Gasteiger partial charge in [0.15, 0.2) is 5.78 Å². The minimum Gasteiger partial charge on any atom is -0.289 e. The predicted octanol–water partition coefficient (Wildman–Crippen LogP) is 5.42. The van der Waals surface area contributed by atoms with E-state index in [1.165, 1.54) is 5.56 Å². The van der Waals surface area contributed by atoms with Gasteiger partial charge in [-0.1, -0.05) is 61.3 Å². The molecule has 0 radical (unpaired) electrons. The fraction of sp³-hybridized carbons (Fsp3) is 0.235. The van der Waals surface area contributed by atoms with E-state index in [4.69, 9.17) is 23.2 Å². The number of hydrogen-bond donors (Lipinski definition) is 0. The molecule has 0 amide bonds.